The molecule has 0 heterocycles. The highest BCUT2D eigenvalue weighted by molar-refractivity contribution is 6.05. The molecule has 0 radical (unpaired) electrons. The normalized spacial score (nSPS) is 30.4. The van der Waals surface area contributed by atoms with Crippen molar-refractivity contribution in [3.05, 3.63) is 0 Å². The van der Waals surface area contributed by atoms with E-state index in [9.17, 15) is 4.79 Å². The maximum Gasteiger partial charge on any atom is 0.233 e. The lowest BCUT2D eigenvalue weighted by Crippen LogP contribution is -2.49. The van der Waals surface area contributed by atoms with E-state index in [0.717, 1.165) is 12.8 Å². The average molecular weight is 241 g/mol. The Morgan fingerprint density at radius 2 is 2.00 bits per heavy atom. The second-order valence-corrected chi connectivity index (χ2v) is 5.60. The van der Waals surface area contributed by atoms with E-state index in [1.54, 1.807) is 13.8 Å². The minimum atomic E-state index is -0.972. The summed E-state index contributed by atoms with van der Waals surface area (Å²) in [5, 5.41) is 14.6. The summed E-state index contributed by atoms with van der Waals surface area (Å²) >= 11 is 0. The van der Waals surface area contributed by atoms with Gasteiger partial charge in [-0.1, -0.05) is 19.0 Å². The number of nitrogens with zero attached hydrogens (tertiary/aromatic N) is 1. The van der Waals surface area contributed by atoms with E-state index in [1.807, 2.05) is 0 Å². The molecule has 1 saturated carbocycles. The van der Waals surface area contributed by atoms with Crippen LogP contribution in [0.15, 0.2) is 5.16 Å². The van der Waals surface area contributed by atoms with E-state index in [2.05, 4.69) is 24.3 Å². The van der Waals surface area contributed by atoms with Crippen LogP contribution in [0, 0.1) is 17.3 Å². The lowest BCUT2D eigenvalue weighted by atomic mass is 9.89. The van der Waals surface area contributed by atoms with Crippen molar-refractivity contribution in [2.24, 2.45) is 28.1 Å². The van der Waals surface area contributed by atoms with Gasteiger partial charge in [-0.05, 0) is 38.5 Å². The molecule has 0 spiro atoms. The number of carbonyl (C=O) groups is 1. The van der Waals surface area contributed by atoms with Crippen molar-refractivity contribution < 1.29 is 10.0 Å². The molecular formula is C12H23N3O2. The van der Waals surface area contributed by atoms with Crippen LogP contribution >= 0.6 is 0 Å². The Labute approximate surface area is 102 Å². The zero-order valence-electron chi connectivity index (χ0n) is 11.0. The zero-order valence-corrected chi connectivity index (χ0v) is 11.0. The summed E-state index contributed by atoms with van der Waals surface area (Å²) in [6.07, 6.45) is 2.14. The smallest absolute Gasteiger partial charge is 0.233 e. The largest absolute Gasteiger partial charge is 0.409 e. The van der Waals surface area contributed by atoms with Crippen LogP contribution in [-0.2, 0) is 4.79 Å². The molecule has 1 amide bonds. The topological polar surface area (TPSA) is 87.7 Å². The van der Waals surface area contributed by atoms with E-state index < -0.39 is 5.41 Å². The zero-order chi connectivity index (χ0) is 13.2. The fraction of sp³-hybridized carbons (Fsp3) is 0.833. The van der Waals surface area contributed by atoms with E-state index in [-0.39, 0.29) is 17.8 Å². The molecule has 1 rings (SSSR count). The Bertz CT molecular complexity index is 326. The molecule has 4 N–H and O–H groups in total. The Hall–Kier alpha value is -1.26. The van der Waals surface area contributed by atoms with Crippen LogP contribution < -0.4 is 11.1 Å². The third-order valence-electron chi connectivity index (χ3n) is 4.10. The number of hydrogen-bond donors (Lipinski definition) is 3. The molecule has 0 aromatic carbocycles. The van der Waals surface area contributed by atoms with Crippen molar-refractivity contribution in [3.8, 4) is 0 Å². The Kier molecular flexibility index (Phi) is 4.01. The lowest BCUT2D eigenvalue weighted by molar-refractivity contribution is -0.127. The number of amidine groups is 1. The van der Waals surface area contributed by atoms with Crippen LogP contribution in [0.25, 0.3) is 0 Å². The summed E-state index contributed by atoms with van der Waals surface area (Å²) in [5.41, 5.74) is 4.56. The van der Waals surface area contributed by atoms with Gasteiger partial charge >= 0.3 is 0 Å². The highest BCUT2D eigenvalue weighted by Gasteiger charge is 2.37. The second-order valence-electron chi connectivity index (χ2n) is 5.60. The van der Waals surface area contributed by atoms with Gasteiger partial charge in [0.2, 0.25) is 5.91 Å². The fourth-order valence-corrected chi connectivity index (χ4v) is 2.16. The molecule has 5 nitrogen and oxygen atoms in total. The summed E-state index contributed by atoms with van der Waals surface area (Å²) in [4.78, 5) is 12.1. The van der Waals surface area contributed by atoms with Gasteiger partial charge in [0.15, 0.2) is 5.84 Å². The van der Waals surface area contributed by atoms with Gasteiger partial charge in [0, 0.05) is 6.04 Å². The van der Waals surface area contributed by atoms with E-state index in [0.29, 0.717) is 11.8 Å². The number of nitrogens with two attached hydrogens (primary N) is 1. The first kappa shape index (κ1) is 13.8. The highest BCUT2D eigenvalue weighted by atomic mass is 16.4. The third-order valence-corrected chi connectivity index (χ3v) is 4.10. The molecule has 98 valence electrons. The number of carbonyl (C=O) groups excluding carboxylic acids is 1. The van der Waals surface area contributed by atoms with Gasteiger partial charge in [-0.3, -0.25) is 4.79 Å². The van der Waals surface area contributed by atoms with E-state index in [4.69, 9.17) is 10.9 Å². The molecule has 0 saturated heterocycles. The van der Waals surface area contributed by atoms with Gasteiger partial charge in [0.25, 0.3) is 0 Å². The maximum atomic E-state index is 12.1. The van der Waals surface area contributed by atoms with Crippen molar-refractivity contribution in [3.63, 3.8) is 0 Å². The molecule has 1 aliphatic rings. The molecular weight excluding hydrogens is 218 g/mol. The Morgan fingerprint density at radius 3 is 2.41 bits per heavy atom. The number of hydrogen-bond acceptors (Lipinski definition) is 3. The van der Waals surface area contributed by atoms with Crippen molar-refractivity contribution >= 4 is 11.7 Å². The number of nitrogens with one attached hydrogen (secondary N) is 1. The quantitative estimate of drug-likeness (QED) is 0.301. The molecule has 0 aliphatic heterocycles. The minimum absolute atomic E-state index is 0.0614. The van der Waals surface area contributed by atoms with Gasteiger partial charge in [0.05, 0.1) is 0 Å². The van der Waals surface area contributed by atoms with Gasteiger partial charge in [0.1, 0.15) is 5.41 Å². The summed E-state index contributed by atoms with van der Waals surface area (Å²) in [7, 11) is 0. The van der Waals surface area contributed by atoms with Crippen molar-refractivity contribution in [2.45, 2.75) is 46.6 Å². The minimum Gasteiger partial charge on any atom is -0.409 e. The number of rotatable bonds is 3. The molecule has 0 aromatic heterocycles. The Morgan fingerprint density at radius 1 is 1.41 bits per heavy atom. The van der Waals surface area contributed by atoms with Gasteiger partial charge in [-0.2, -0.15) is 0 Å². The number of amides is 1. The van der Waals surface area contributed by atoms with E-state index >= 15 is 0 Å². The second kappa shape index (κ2) is 4.94. The first-order chi connectivity index (χ1) is 7.80. The van der Waals surface area contributed by atoms with Crippen LogP contribution in [0.3, 0.4) is 0 Å². The van der Waals surface area contributed by atoms with Crippen LogP contribution in [0.4, 0.5) is 0 Å². The predicted octanol–water partition coefficient (Wildman–Crippen LogP) is 1.31. The number of oxime groups is 1. The molecule has 0 aromatic rings. The highest BCUT2D eigenvalue weighted by Crippen LogP contribution is 2.31. The van der Waals surface area contributed by atoms with Crippen LogP contribution in [0.2, 0.25) is 0 Å². The van der Waals surface area contributed by atoms with Crippen LogP contribution in [0.5, 0.6) is 0 Å². The van der Waals surface area contributed by atoms with Crippen molar-refractivity contribution in [1.82, 2.24) is 5.32 Å². The van der Waals surface area contributed by atoms with Gasteiger partial charge < -0.3 is 16.3 Å². The summed E-state index contributed by atoms with van der Waals surface area (Å²) in [6.45, 7) is 7.66. The van der Waals surface area contributed by atoms with Gasteiger partial charge in [-0.15, -0.1) is 0 Å². The monoisotopic (exact) mass is 241 g/mol. The average Bonchev–Trinajstić information content (AvgIpc) is 2.59. The molecule has 3 unspecified atom stereocenters. The first-order valence-electron chi connectivity index (χ1n) is 6.09. The van der Waals surface area contributed by atoms with Crippen LogP contribution in [0.1, 0.15) is 40.5 Å². The Balaban J connectivity index is 2.67. The molecule has 3 atom stereocenters. The molecule has 17 heavy (non-hydrogen) atoms. The molecule has 5 heteroatoms. The molecule has 1 fully saturated rings. The van der Waals surface area contributed by atoms with Crippen LogP contribution in [-0.4, -0.2) is 23.0 Å². The van der Waals surface area contributed by atoms with E-state index in [1.165, 1.54) is 0 Å². The first-order valence-corrected chi connectivity index (χ1v) is 6.09. The van der Waals surface area contributed by atoms with Crippen molar-refractivity contribution in [2.75, 3.05) is 0 Å². The fourth-order valence-electron chi connectivity index (χ4n) is 2.16. The van der Waals surface area contributed by atoms with Crippen molar-refractivity contribution in [1.29, 1.82) is 0 Å². The molecule has 0 bridgehead atoms. The SMILES string of the molecule is CC1CCC(NC(=O)C(C)(C)C(N)=NO)C1C. The van der Waals surface area contributed by atoms with Gasteiger partial charge in [-0.25, -0.2) is 0 Å². The summed E-state index contributed by atoms with van der Waals surface area (Å²) in [5.74, 6) is 0.863. The standard InChI is InChI=1S/C12H23N3O2/c1-7-5-6-9(8(7)2)14-11(16)12(3,4)10(13)15-17/h7-9,17H,5-6H2,1-4H3,(H2,13,15)(H,14,16). The summed E-state index contributed by atoms with van der Waals surface area (Å²) in [6, 6.07) is 0.197. The maximum absolute atomic E-state index is 12.1. The predicted molar refractivity (Wildman–Crippen MR) is 66.7 cm³/mol. The third kappa shape index (κ3) is 2.70. The summed E-state index contributed by atoms with van der Waals surface area (Å²) < 4.78 is 0. The lowest BCUT2D eigenvalue weighted by Gasteiger charge is -2.26. The molecule has 1 aliphatic carbocycles.